The van der Waals surface area contributed by atoms with Gasteiger partial charge in [-0.2, -0.15) is 13.2 Å². The van der Waals surface area contributed by atoms with E-state index in [2.05, 4.69) is 4.98 Å². The van der Waals surface area contributed by atoms with Gasteiger partial charge in [0, 0.05) is 11.1 Å². The molecule has 3 aromatic rings. The number of thiazole rings is 1. The molecule has 0 unspecified atom stereocenters. The molecule has 0 saturated carbocycles. The summed E-state index contributed by atoms with van der Waals surface area (Å²) < 4.78 is 38.6. The van der Waals surface area contributed by atoms with E-state index in [4.69, 9.17) is 0 Å². The molecule has 0 N–H and O–H groups in total. The SMILES string of the molecule is O=C(Cc1ncc(C(F)(F)F)s1)Cc1csc2ccccc12. The predicted molar refractivity (Wildman–Crippen MR) is 81.4 cm³/mol. The molecule has 0 saturated heterocycles. The van der Waals surface area contributed by atoms with Crippen LogP contribution in [0.2, 0.25) is 0 Å². The zero-order valence-corrected chi connectivity index (χ0v) is 12.8. The number of thiophene rings is 1. The standard InChI is InChI=1S/C15H10F3NOS2/c16-15(17,18)13-7-19-14(22-13)6-10(20)5-9-8-21-12-4-2-1-3-11(9)12/h1-4,7-8H,5-6H2. The molecule has 2 aromatic heterocycles. The molecule has 0 aliphatic rings. The highest BCUT2D eigenvalue weighted by atomic mass is 32.1. The summed E-state index contributed by atoms with van der Waals surface area (Å²) in [6, 6.07) is 7.75. The van der Waals surface area contributed by atoms with Crippen molar-refractivity contribution in [3.63, 3.8) is 0 Å². The Kier molecular flexibility index (Phi) is 4.01. The Morgan fingerprint density at radius 2 is 1.95 bits per heavy atom. The minimum atomic E-state index is -4.40. The minimum Gasteiger partial charge on any atom is -0.299 e. The third-order valence-corrected chi connectivity index (χ3v) is 5.18. The topological polar surface area (TPSA) is 30.0 Å². The van der Waals surface area contributed by atoms with Crippen molar-refractivity contribution in [2.45, 2.75) is 19.0 Å². The number of ketones is 1. The van der Waals surface area contributed by atoms with E-state index in [9.17, 15) is 18.0 Å². The molecule has 0 fully saturated rings. The second-order valence-corrected chi connectivity index (χ2v) is 6.79. The van der Waals surface area contributed by atoms with E-state index >= 15 is 0 Å². The van der Waals surface area contributed by atoms with Gasteiger partial charge in [0.05, 0.1) is 12.6 Å². The molecule has 0 atom stereocenters. The van der Waals surface area contributed by atoms with E-state index in [1.807, 2.05) is 29.6 Å². The smallest absolute Gasteiger partial charge is 0.299 e. The zero-order valence-electron chi connectivity index (χ0n) is 11.2. The van der Waals surface area contributed by atoms with Crippen LogP contribution in [0.25, 0.3) is 10.1 Å². The quantitative estimate of drug-likeness (QED) is 0.687. The first-order chi connectivity index (χ1) is 10.4. The summed E-state index contributed by atoms with van der Waals surface area (Å²) in [6.45, 7) is 0. The molecule has 0 amide bonds. The number of Topliss-reactive ketones (excluding diaryl/α,β-unsaturated/α-hetero) is 1. The summed E-state index contributed by atoms with van der Waals surface area (Å²) in [4.78, 5) is 15.0. The van der Waals surface area contributed by atoms with Crippen LogP contribution in [0, 0.1) is 0 Å². The van der Waals surface area contributed by atoms with Crippen LogP contribution < -0.4 is 0 Å². The third-order valence-electron chi connectivity index (χ3n) is 3.13. The lowest BCUT2D eigenvalue weighted by atomic mass is 10.1. The Morgan fingerprint density at radius 1 is 1.18 bits per heavy atom. The predicted octanol–water partition coefficient (Wildman–Crippen LogP) is 4.73. The zero-order chi connectivity index (χ0) is 15.7. The van der Waals surface area contributed by atoms with Crippen LogP contribution in [-0.4, -0.2) is 10.8 Å². The number of carbonyl (C=O) groups excluding carboxylic acids is 1. The van der Waals surface area contributed by atoms with Crippen molar-refractivity contribution in [2.75, 3.05) is 0 Å². The van der Waals surface area contributed by atoms with Gasteiger partial charge >= 0.3 is 6.18 Å². The van der Waals surface area contributed by atoms with E-state index in [1.165, 1.54) is 0 Å². The third kappa shape index (κ3) is 3.20. The fourth-order valence-electron chi connectivity index (χ4n) is 2.14. The van der Waals surface area contributed by atoms with Gasteiger partial charge in [-0.15, -0.1) is 22.7 Å². The van der Waals surface area contributed by atoms with E-state index in [1.54, 1.807) is 11.3 Å². The Morgan fingerprint density at radius 3 is 2.68 bits per heavy atom. The average Bonchev–Trinajstić information content (AvgIpc) is 3.06. The van der Waals surface area contributed by atoms with Crippen LogP contribution in [0.15, 0.2) is 35.8 Å². The van der Waals surface area contributed by atoms with Gasteiger partial charge in [0.2, 0.25) is 0 Å². The van der Waals surface area contributed by atoms with Gasteiger partial charge < -0.3 is 0 Å². The highest BCUT2D eigenvalue weighted by Crippen LogP contribution is 2.33. The lowest BCUT2D eigenvalue weighted by molar-refractivity contribution is -0.134. The van der Waals surface area contributed by atoms with Crippen LogP contribution in [0.4, 0.5) is 13.2 Å². The number of aromatic nitrogens is 1. The fourth-order valence-corrected chi connectivity index (χ4v) is 3.91. The van der Waals surface area contributed by atoms with Crippen molar-refractivity contribution in [2.24, 2.45) is 0 Å². The van der Waals surface area contributed by atoms with Crippen molar-refractivity contribution >= 4 is 38.5 Å². The molecule has 2 nitrogen and oxygen atoms in total. The van der Waals surface area contributed by atoms with Crippen molar-refractivity contribution in [1.82, 2.24) is 4.98 Å². The lowest BCUT2D eigenvalue weighted by Gasteiger charge is -2.00. The summed E-state index contributed by atoms with van der Waals surface area (Å²) in [5.74, 6) is -0.133. The Bertz CT molecular complexity index is 819. The van der Waals surface area contributed by atoms with Gasteiger partial charge in [0.1, 0.15) is 15.7 Å². The van der Waals surface area contributed by atoms with Gasteiger partial charge in [-0.3, -0.25) is 4.79 Å². The molecular formula is C15H10F3NOS2. The Balaban J connectivity index is 1.71. The number of alkyl halides is 3. The number of nitrogens with zero attached hydrogens (tertiary/aromatic N) is 1. The molecule has 3 rings (SSSR count). The molecule has 0 aliphatic carbocycles. The average molecular weight is 341 g/mol. The fraction of sp³-hybridized carbons (Fsp3) is 0.200. The molecular weight excluding hydrogens is 331 g/mol. The van der Waals surface area contributed by atoms with Crippen LogP contribution in [-0.2, 0) is 23.8 Å². The van der Waals surface area contributed by atoms with Crippen molar-refractivity contribution < 1.29 is 18.0 Å². The number of halogens is 3. The number of hydrogen-bond donors (Lipinski definition) is 0. The van der Waals surface area contributed by atoms with E-state index < -0.39 is 11.1 Å². The number of rotatable bonds is 4. The van der Waals surface area contributed by atoms with Crippen molar-refractivity contribution in [3.05, 3.63) is 51.3 Å². The molecule has 22 heavy (non-hydrogen) atoms. The van der Waals surface area contributed by atoms with Gasteiger partial charge in [-0.25, -0.2) is 4.98 Å². The first kappa shape index (κ1) is 15.2. The maximum Gasteiger partial charge on any atom is 0.427 e. The summed E-state index contributed by atoms with van der Waals surface area (Å²) in [5, 5.41) is 3.15. The largest absolute Gasteiger partial charge is 0.427 e. The van der Waals surface area contributed by atoms with Crippen molar-refractivity contribution in [3.8, 4) is 0 Å². The van der Waals surface area contributed by atoms with Crippen LogP contribution in [0.5, 0.6) is 0 Å². The van der Waals surface area contributed by atoms with E-state index in [0.717, 1.165) is 21.8 Å². The number of benzene rings is 1. The second kappa shape index (κ2) is 5.81. The molecule has 0 bridgehead atoms. The first-order valence-electron chi connectivity index (χ1n) is 6.42. The van der Waals surface area contributed by atoms with Gasteiger partial charge in [0.15, 0.2) is 0 Å². The monoisotopic (exact) mass is 341 g/mol. The highest BCUT2D eigenvalue weighted by Gasteiger charge is 2.33. The summed E-state index contributed by atoms with van der Waals surface area (Å²) in [5.41, 5.74) is 0.915. The second-order valence-electron chi connectivity index (χ2n) is 4.77. The normalized spacial score (nSPS) is 12.0. The van der Waals surface area contributed by atoms with Crippen LogP contribution in [0.1, 0.15) is 15.4 Å². The van der Waals surface area contributed by atoms with Crippen molar-refractivity contribution in [1.29, 1.82) is 0 Å². The molecule has 0 radical (unpaired) electrons. The minimum absolute atomic E-state index is 0.0646. The molecule has 0 aliphatic heterocycles. The van der Waals surface area contributed by atoms with Gasteiger partial charge in [-0.05, 0) is 22.4 Å². The van der Waals surface area contributed by atoms with Gasteiger partial charge in [-0.1, -0.05) is 18.2 Å². The molecule has 7 heteroatoms. The Labute approximate surface area is 132 Å². The molecule has 0 spiro atoms. The summed E-state index contributed by atoms with van der Waals surface area (Å²) >= 11 is 2.09. The molecule has 1 aromatic carbocycles. The summed E-state index contributed by atoms with van der Waals surface area (Å²) in [6.07, 6.45) is -3.47. The van der Waals surface area contributed by atoms with Crippen LogP contribution >= 0.6 is 22.7 Å². The number of carbonyl (C=O) groups is 1. The van der Waals surface area contributed by atoms with E-state index in [0.29, 0.717) is 11.3 Å². The van der Waals surface area contributed by atoms with E-state index in [-0.39, 0.29) is 23.6 Å². The maximum atomic E-state index is 12.5. The maximum absolute atomic E-state index is 12.5. The first-order valence-corrected chi connectivity index (χ1v) is 8.12. The lowest BCUT2D eigenvalue weighted by Crippen LogP contribution is -2.05. The molecule has 2 heterocycles. The number of fused-ring (bicyclic) bond motifs is 1. The van der Waals surface area contributed by atoms with Gasteiger partial charge in [0.25, 0.3) is 0 Å². The highest BCUT2D eigenvalue weighted by molar-refractivity contribution is 7.17. The van der Waals surface area contributed by atoms with Crippen LogP contribution in [0.3, 0.4) is 0 Å². The molecule has 114 valence electrons. The number of hydrogen-bond acceptors (Lipinski definition) is 4. The summed E-state index contributed by atoms with van der Waals surface area (Å²) in [7, 11) is 0. The Hall–Kier alpha value is -1.73.